The van der Waals surface area contributed by atoms with Gasteiger partial charge in [0, 0.05) is 5.69 Å². The van der Waals surface area contributed by atoms with Crippen molar-refractivity contribution < 1.29 is 0 Å². The van der Waals surface area contributed by atoms with Crippen LogP contribution in [-0.2, 0) is 6.54 Å². The second kappa shape index (κ2) is 8.50. The average Bonchev–Trinajstić information content (AvgIpc) is 2.62. The molecular weight excluding hydrogens is 338 g/mol. The Morgan fingerprint density at radius 1 is 0.846 bits per heavy atom. The number of nitrogens with one attached hydrogen (secondary N) is 2. The minimum Gasteiger partial charge on any atom is -0.331 e. The van der Waals surface area contributed by atoms with Crippen LogP contribution in [0.15, 0.2) is 78.9 Å². The summed E-state index contributed by atoms with van der Waals surface area (Å²) in [5.41, 5.74) is 8.99. The van der Waals surface area contributed by atoms with Gasteiger partial charge in [-0.2, -0.15) is 0 Å². The van der Waals surface area contributed by atoms with E-state index in [1.54, 1.807) is 0 Å². The van der Waals surface area contributed by atoms with Gasteiger partial charge < -0.3 is 5.32 Å². The van der Waals surface area contributed by atoms with E-state index in [9.17, 15) is 0 Å². The molecule has 0 saturated carbocycles. The highest BCUT2D eigenvalue weighted by molar-refractivity contribution is 7.80. The van der Waals surface area contributed by atoms with E-state index in [1.165, 1.54) is 16.7 Å². The Morgan fingerprint density at radius 3 is 2.04 bits per heavy atom. The van der Waals surface area contributed by atoms with Crippen LogP contribution in [0.3, 0.4) is 0 Å². The van der Waals surface area contributed by atoms with Gasteiger partial charge in [0.2, 0.25) is 0 Å². The molecule has 0 radical (unpaired) electrons. The number of nitrogens with zero attached hydrogens (tertiary/aromatic N) is 1. The van der Waals surface area contributed by atoms with Crippen LogP contribution in [0.4, 0.5) is 11.4 Å². The molecule has 0 unspecified atom stereocenters. The fourth-order valence-electron chi connectivity index (χ4n) is 2.90. The third-order valence-electron chi connectivity index (χ3n) is 3.97. The molecule has 132 valence electrons. The molecule has 3 aromatic rings. The van der Waals surface area contributed by atoms with Gasteiger partial charge in [0.15, 0.2) is 5.11 Å². The molecule has 3 aromatic carbocycles. The van der Waals surface area contributed by atoms with Gasteiger partial charge in [-0.05, 0) is 67.0 Å². The van der Waals surface area contributed by atoms with E-state index in [1.807, 2.05) is 41.4 Å². The van der Waals surface area contributed by atoms with Crippen molar-refractivity contribution in [3.8, 4) is 0 Å². The summed E-state index contributed by atoms with van der Waals surface area (Å²) in [6, 6.07) is 26.8. The second-order valence-electron chi connectivity index (χ2n) is 6.35. The van der Waals surface area contributed by atoms with Gasteiger partial charge in [-0.1, -0.05) is 54.6 Å². The van der Waals surface area contributed by atoms with Gasteiger partial charge in [-0.15, -0.1) is 0 Å². The van der Waals surface area contributed by atoms with Gasteiger partial charge in [-0.3, -0.25) is 10.4 Å². The van der Waals surface area contributed by atoms with E-state index in [0.717, 1.165) is 11.4 Å². The maximum Gasteiger partial charge on any atom is 0.189 e. The number of thiocarbonyl (C=S) groups is 1. The standard InChI is InChI=1S/C22H23N3S/c1-17-13-18(2)15-20(14-17)23-22(26)24-25(21-11-7-4-8-12-21)16-19-9-5-3-6-10-19/h3-15H,16H2,1-2H3,(H2,23,24,26). The number of para-hydroxylation sites is 1. The summed E-state index contributed by atoms with van der Waals surface area (Å²) in [6.07, 6.45) is 0. The van der Waals surface area contributed by atoms with Gasteiger partial charge in [0.1, 0.15) is 0 Å². The molecule has 4 heteroatoms. The fraction of sp³-hybridized carbons (Fsp3) is 0.136. The molecule has 0 saturated heterocycles. The SMILES string of the molecule is Cc1cc(C)cc(NC(=S)NN(Cc2ccccc2)c2ccccc2)c1. The van der Waals surface area contributed by atoms with Crippen molar-refractivity contribution in [1.82, 2.24) is 5.43 Å². The Balaban J connectivity index is 1.75. The summed E-state index contributed by atoms with van der Waals surface area (Å²) in [6.45, 7) is 4.88. The lowest BCUT2D eigenvalue weighted by molar-refractivity contribution is 0.769. The van der Waals surface area contributed by atoms with E-state index in [2.05, 4.69) is 67.1 Å². The lowest BCUT2D eigenvalue weighted by Gasteiger charge is -2.27. The predicted molar refractivity (Wildman–Crippen MR) is 114 cm³/mol. The summed E-state index contributed by atoms with van der Waals surface area (Å²) < 4.78 is 0. The topological polar surface area (TPSA) is 27.3 Å². The molecule has 0 aliphatic rings. The molecule has 0 aliphatic heterocycles. The number of hydrogen-bond acceptors (Lipinski definition) is 2. The van der Waals surface area contributed by atoms with Crippen molar-refractivity contribution in [2.45, 2.75) is 20.4 Å². The van der Waals surface area contributed by atoms with Crippen LogP contribution >= 0.6 is 12.2 Å². The number of aryl methyl sites for hydroxylation is 2. The monoisotopic (exact) mass is 361 g/mol. The van der Waals surface area contributed by atoms with E-state index in [0.29, 0.717) is 11.7 Å². The van der Waals surface area contributed by atoms with E-state index >= 15 is 0 Å². The first-order chi connectivity index (χ1) is 12.6. The van der Waals surface area contributed by atoms with E-state index < -0.39 is 0 Å². The molecular formula is C22H23N3S. The Bertz CT molecular complexity index is 843. The smallest absolute Gasteiger partial charge is 0.189 e. The molecule has 0 atom stereocenters. The lowest BCUT2D eigenvalue weighted by Crippen LogP contribution is -2.44. The highest BCUT2D eigenvalue weighted by Gasteiger charge is 2.09. The number of anilines is 2. The molecule has 0 fully saturated rings. The van der Waals surface area contributed by atoms with E-state index in [4.69, 9.17) is 12.2 Å². The zero-order chi connectivity index (χ0) is 18.4. The van der Waals surface area contributed by atoms with Crippen LogP contribution in [0, 0.1) is 13.8 Å². The number of rotatable bonds is 5. The summed E-state index contributed by atoms with van der Waals surface area (Å²) in [5, 5.41) is 5.90. The highest BCUT2D eigenvalue weighted by Crippen LogP contribution is 2.16. The van der Waals surface area contributed by atoms with Crippen LogP contribution in [-0.4, -0.2) is 5.11 Å². The normalized spacial score (nSPS) is 10.2. The maximum atomic E-state index is 5.55. The van der Waals surface area contributed by atoms with Crippen LogP contribution in [0.2, 0.25) is 0 Å². The summed E-state index contributed by atoms with van der Waals surface area (Å²) in [7, 11) is 0. The molecule has 3 rings (SSSR count). The number of hydrogen-bond donors (Lipinski definition) is 2. The highest BCUT2D eigenvalue weighted by atomic mass is 32.1. The summed E-state index contributed by atoms with van der Waals surface area (Å²) in [4.78, 5) is 0. The van der Waals surface area contributed by atoms with Crippen LogP contribution < -0.4 is 15.8 Å². The first kappa shape index (κ1) is 18.0. The molecule has 26 heavy (non-hydrogen) atoms. The van der Waals surface area contributed by atoms with Crippen LogP contribution in [0.1, 0.15) is 16.7 Å². The van der Waals surface area contributed by atoms with Gasteiger partial charge >= 0.3 is 0 Å². The average molecular weight is 362 g/mol. The van der Waals surface area contributed by atoms with Crippen molar-refractivity contribution in [2.75, 3.05) is 10.3 Å². The zero-order valence-electron chi connectivity index (χ0n) is 15.1. The number of hydrazine groups is 1. The molecule has 3 nitrogen and oxygen atoms in total. The minimum atomic E-state index is 0.565. The second-order valence-corrected chi connectivity index (χ2v) is 6.76. The van der Waals surface area contributed by atoms with Crippen molar-refractivity contribution in [3.63, 3.8) is 0 Å². The molecule has 0 aromatic heterocycles. The van der Waals surface area contributed by atoms with Crippen molar-refractivity contribution in [2.24, 2.45) is 0 Å². The summed E-state index contributed by atoms with van der Waals surface area (Å²) >= 11 is 5.55. The van der Waals surface area contributed by atoms with Crippen molar-refractivity contribution >= 4 is 28.7 Å². The Morgan fingerprint density at radius 2 is 1.42 bits per heavy atom. The predicted octanol–water partition coefficient (Wildman–Crippen LogP) is 5.21. The Kier molecular flexibility index (Phi) is 5.87. The third-order valence-corrected chi connectivity index (χ3v) is 4.16. The molecule has 0 spiro atoms. The zero-order valence-corrected chi connectivity index (χ0v) is 15.9. The van der Waals surface area contributed by atoms with Gasteiger partial charge in [-0.25, -0.2) is 0 Å². The lowest BCUT2D eigenvalue weighted by atomic mass is 10.1. The fourth-order valence-corrected chi connectivity index (χ4v) is 3.13. The molecule has 0 heterocycles. The minimum absolute atomic E-state index is 0.565. The first-order valence-corrected chi connectivity index (χ1v) is 9.03. The maximum absolute atomic E-state index is 5.55. The molecule has 0 aliphatic carbocycles. The quantitative estimate of drug-likeness (QED) is 0.482. The molecule has 2 N–H and O–H groups in total. The Hall–Kier alpha value is -2.85. The van der Waals surface area contributed by atoms with E-state index in [-0.39, 0.29) is 0 Å². The molecule has 0 bridgehead atoms. The third kappa shape index (κ3) is 5.07. The van der Waals surface area contributed by atoms with Gasteiger partial charge in [0.25, 0.3) is 0 Å². The molecule has 0 amide bonds. The van der Waals surface area contributed by atoms with Crippen molar-refractivity contribution in [3.05, 3.63) is 95.6 Å². The van der Waals surface area contributed by atoms with Crippen LogP contribution in [0.25, 0.3) is 0 Å². The largest absolute Gasteiger partial charge is 0.331 e. The summed E-state index contributed by atoms with van der Waals surface area (Å²) in [5.74, 6) is 0. The Labute approximate surface area is 160 Å². The first-order valence-electron chi connectivity index (χ1n) is 8.62. The van der Waals surface area contributed by atoms with Crippen molar-refractivity contribution in [1.29, 1.82) is 0 Å². The number of benzene rings is 3. The van der Waals surface area contributed by atoms with Crippen LogP contribution in [0.5, 0.6) is 0 Å². The van der Waals surface area contributed by atoms with Gasteiger partial charge in [0.05, 0.1) is 12.2 Å².